The third-order valence-electron chi connectivity index (χ3n) is 11.2. The Bertz CT molecular complexity index is 3260. The molecule has 8 aromatic rings. The number of benzene rings is 6. The molecule has 0 saturated heterocycles. The second-order valence-electron chi connectivity index (χ2n) is 18.6. The maximum atomic E-state index is 8.62. The minimum absolute atomic E-state index is 0. The van der Waals surface area contributed by atoms with E-state index < -0.39 is 37.1 Å². The SMILES string of the molecule is [2H]c1c([2H])c([2H])c(-c2cnc(-n3c4[c-]c(Oc5[c-]c(N6[CH-]N(c7cc(C(C)(C)C)cc(C(C)(C)C)c7)c7ccccc76)cc(C(C)(C)C)c5)ccc4c4ccccc43)cc2C([2H])([2H])[2H])c([2H])c1[2H].[Pt]. The normalized spacial score (nSPS) is 15.2. The number of para-hydroxylation sites is 3. The summed E-state index contributed by atoms with van der Waals surface area (Å²) in [6.07, 6.45) is 1.28. The summed E-state index contributed by atoms with van der Waals surface area (Å²) < 4.78 is 76.1. The average molecular weight is 989 g/mol. The van der Waals surface area contributed by atoms with Crippen LogP contribution in [0.25, 0.3) is 38.8 Å². The molecule has 6 heteroatoms. The first kappa shape index (κ1) is 33.0. The molecule has 61 heavy (non-hydrogen) atoms. The number of hydrogen-bond acceptors (Lipinski definition) is 4. The maximum Gasteiger partial charge on any atom is 0.135 e. The van der Waals surface area contributed by atoms with Crippen LogP contribution in [0.5, 0.6) is 11.5 Å². The number of anilines is 4. The van der Waals surface area contributed by atoms with E-state index in [0.29, 0.717) is 17.0 Å². The standard InChI is InChI=1S/C55H53N4O.Pt/c1-36-26-52(56-34-47(36)37-18-12-11-13-19-37)59-48-21-15-14-20-45(48)46-25-24-43(33-51(46)59)60-44-31-40(55(8,9)10)30-42(32-44)58-35-57(49-22-16-17-23-50(49)58)41-28-38(53(2,3)4)27-39(29-41)54(5,6)7;/h11-31,34-35H,1-10H3;/q-3;/i1D3,11D,12D,13D,18D,19D;. The Hall–Kier alpha value is -5.64. The number of rotatable bonds is 6. The zero-order valence-electron chi connectivity index (χ0n) is 43.9. The number of fused-ring (bicyclic) bond motifs is 4. The van der Waals surface area contributed by atoms with Crippen LogP contribution in [-0.4, -0.2) is 9.55 Å². The predicted molar refractivity (Wildman–Crippen MR) is 250 cm³/mol. The molecule has 0 spiro atoms. The Kier molecular flexibility index (Phi) is 8.49. The minimum atomic E-state index is -2.74. The van der Waals surface area contributed by atoms with Crippen LogP contribution in [0.15, 0.2) is 133 Å². The molecule has 0 amide bonds. The monoisotopic (exact) mass is 988 g/mol. The first-order valence-corrected chi connectivity index (χ1v) is 20.3. The van der Waals surface area contributed by atoms with Crippen molar-refractivity contribution in [2.75, 3.05) is 9.80 Å². The third-order valence-corrected chi connectivity index (χ3v) is 11.2. The van der Waals surface area contributed by atoms with Gasteiger partial charge in [-0.15, -0.1) is 53.6 Å². The van der Waals surface area contributed by atoms with Crippen molar-refractivity contribution < 1.29 is 36.8 Å². The predicted octanol–water partition coefficient (Wildman–Crippen LogP) is 14.8. The van der Waals surface area contributed by atoms with E-state index in [-0.39, 0.29) is 59.8 Å². The Labute approximate surface area is 387 Å². The van der Waals surface area contributed by atoms with Crippen LogP contribution < -0.4 is 14.5 Å². The molecule has 6 aromatic carbocycles. The van der Waals surface area contributed by atoms with Crippen LogP contribution in [0.1, 0.15) is 95.5 Å². The quantitative estimate of drug-likeness (QED) is 0.155. The molecular weight excluding hydrogens is 928 g/mol. The van der Waals surface area contributed by atoms with Gasteiger partial charge in [0.15, 0.2) is 0 Å². The fraction of sp³-hybridized carbons (Fsp3) is 0.236. The van der Waals surface area contributed by atoms with Crippen molar-refractivity contribution in [3.05, 3.63) is 175 Å². The van der Waals surface area contributed by atoms with Gasteiger partial charge >= 0.3 is 0 Å². The summed E-state index contributed by atoms with van der Waals surface area (Å²) in [5.41, 5.74) is 7.84. The number of pyridine rings is 1. The van der Waals surface area contributed by atoms with Gasteiger partial charge in [-0.25, -0.2) is 4.98 Å². The van der Waals surface area contributed by atoms with Gasteiger partial charge in [0.1, 0.15) is 5.82 Å². The van der Waals surface area contributed by atoms with Crippen molar-refractivity contribution in [3.63, 3.8) is 0 Å². The van der Waals surface area contributed by atoms with E-state index in [0.717, 1.165) is 44.6 Å². The van der Waals surface area contributed by atoms with Crippen molar-refractivity contribution in [1.82, 2.24) is 9.55 Å². The number of aromatic nitrogens is 2. The van der Waals surface area contributed by atoms with E-state index >= 15 is 0 Å². The molecule has 0 bridgehead atoms. The maximum absolute atomic E-state index is 8.62. The molecule has 0 unspecified atom stereocenters. The summed E-state index contributed by atoms with van der Waals surface area (Å²) in [5, 5.41) is 1.69. The van der Waals surface area contributed by atoms with Gasteiger partial charge < -0.3 is 19.1 Å². The summed E-state index contributed by atoms with van der Waals surface area (Å²) in [6, 6.07) is 36.7. The molecule has 0 saturated carbocycles. The van der Waals surface area contributed by atoms with E-state index in [1.54, 1.807) is 0 Å². The first-order chi connectivity index (χ1) is 31.8. The zero-order valence-corrected chi connectivity index (χ0v) is 38.2. The van der Waals surface area contributed by atoms with Crippen molar-refractivity contribution in [1.29, 1.82) is 0 Å². The van der Waals surface area contributed by atoms with E-state index in [9.17, 15) is 0 Å². The number of ether oxygens (including phenoxy) is 1. The molecule has 5 nitrogen and oxygen atoms in total. The van der Waals surface area contributed by atoms with Gasteiger partial charge in [-0.2, -0.15) is 6.07 Å². The van der Waals surface area contributed by atoms with Crippen LogP contribution >= 0.6 is 0 Å². The minimum Gasteiger partial charge on any atom is -0.509 e. The molecule has 312 valence electrons. The van der Waals surface area contributed by atoms with Gasteiger partial charge in [0, 0.05) is 71.0 Å². The molecule has 3 heterocycles. The molecule has 1 aliphatic rings. The Morgan fingerprint density at radius 1 is 0.656 bits per heavy atom. The molecule has 0 fully saturated rings. The van der Waals surface area contributed by atoms with E-state index in [4.69, 9.17) is 20.7 Å². The zero-order chi connectivity index (χ0) is 49.0. The van der Waals surface area contributed by atoms with E-state index in [1.807, 2.05) is 53.1 Å². The van der Waals surface area contributed by atoms with Gasteiger partial charge in [0.05, 0.1) is 6.85 Å². The summed E-state index contributed by atoms with van der Waals surface area (Å²) in [5.74, 6) is 1.11. The topological polar surface area (TPSA) is 33.5 Å². The van der Waals surface area contributed by atoms with Crippen LogP contribution in [0.2, 0.25) is 0 Å². The molecule has 1 aliphatic heterocycles. The smallest absolute Gasteiger partial charge is 0.135 e. The van der Waals surface area contributed by atoms with Crippen molar-refractivity contribution in [2.24, 2.45) is 0 Å². The Morgan fingerprint density at radius 3 is 1.97 bits per heavy atom. The molecule has 0 atom stereocenters. The fourth-order valence-electron chi connectivity index (χ4n) is 7.71. The van der Waals surface area contributed by atoms with Crippen molar-refractivity contribution in [3.8, 4) is 28.4 Å². The Morgan fingerprint density at radius 2 is 1.30 bits per heavy atom. The molecule has 0 N–H and O–H groups in total. The number of hydrogen-bond donors (Lipinski definition) is 0. The van der Waals surface area contributed by atoms with Crippen LogP contribution in [0.3, 0.4) is 0 Å². The van der Waals surface area contributed by atoms with Gasteiger partial charge in [0.25, 0.3) is 0 Å². The van der Waals surface area contributed by atoms with Gasteiger partial charge in [0.2, 0.25) is 0 Å². The van der Waals surface area contributed by atoms with Crippen LogP contribution in [-0.2, 0) is 37.3 Å². The van der Waals surface area contributed by atoms with E-state index in [2.05, 4.69) is 133 Å². The second kappa shape index (κ2) is 15.7. The average Bonchev–Trinajstić information content (AvgIpc) is 3.82. The fourth-order valence-corrected chi connectivity index (χ4v) is 7.71. The molecular formula is C55H53N4OPt-3. The largest absolute Gasteiger partial charge is 0.509 e. The van der Waals surface area contributed by atoms with Crippen LogP contribution in [0, 0.1) is 25.7 Å². The van der Waals surface area contributed by atoms with Crippen LogP contribution in [0.4, 0.5) is 22.7 Å². The summed E-state index contributed by atoms with van der Waals surface area (Å²) in [7, 11) is 0. The van der Waals surface area contributed by atoms with Crippen molar-refractivity contribution in [2.45, 2.75) is 85.4 Å². The molecule has 0 radical (unpaired) electrons. The van der Waals surface area contributed by atoms with E-state index in [1.165, 1.54) is 23.4 Å². The summed E-state index contributed by atoms with van der Waals surface area (Å²) in [6.45, 7) is 19.4. The number of nitrogens with zero attached hydrogens (tertiary/aromatic N) is 4. The van der Waals surface area contributed by atoms with Gasteiger partial charge in [-0.1, -0.05) is 134 Å². The number of aryl methyl sites for hydroxylation is 1. The van der Waals surface area contributed by atoms with Gasteiger partial charge in [-0.3, -0.25) is 0 Å². The summed E-state index contributed by atoms with van der Waals surface area (Å²) in [4.78, 5) is 9.13. The molecule has 2 aromatic heterocycles. The Balaban J connectivity index is 0.00000642. The molecule has 0 aliphatic carbocycles. The van der Waals surface area contributed by atoms with Gasteiger partial charge in [-0.05, 0) is 87.1 Å². The summed E-state index contributed by atoms with van der Waals surface area (Å²) >= 11 is 0. The van der Waals surface area contributed by atoms with Crippen molar-refractivity contribution >= 4 is 44.6 Å². The first-order valence-electron chi connectivity index (χ1n) is 24.3. The molecule has 9 rings (SSSR count). The third kappa shape index (κ3) is 8.01. The second-order valence-corrected chi connectivity index (χ2v) is 18.6.